The van der Waals surface area contributed by atoms with E-state index in [0.717, 1.165) is 44.3 Å². The van der Waals surface area contributed by atoms with Crippen molar-refractivity contribution in [3.63, 3.8) is 0 Å². The standard InChI is InChI=1S/C14H26N2O3S2/c1-21(18,19)12-10-20-9-8-16(12)13(17)14(11-15)6-4-2-3-5-7-14/h12H,2-11,15H2,1H3. The van der Waals surface area contributed by atoms with Crippen LogP contribution in [0.15, 0.2) is 0 Å². The molecule has 1 aliphatic heterocycles. The first kappa shape index (κ1) is 17.1. The molecule has 5 nitrogen and oxygen atoms in total. The van der Waals surface area contributed by atoms with Crippen molar-refractivity contribution in [2.45, 2.75) is 43.9 Å². The first-order chi connectivity index (χ1) is 9.91. The summed E-state index contributed by atoms with van der Waals surface area (Å²) in [6.45, 7) is 0.842. The highest BCUT2D eigenvalue weighted by molar-refractivity contribution is 8.00. The van der Waals surface area contributed by atoms with E-state index in [2.05, 4.69) is 0 Å². The highest BCUT2D eigenvalue weighted by Crippen LogP contribution is 2.37. The number of carbonyl (C=O) groups is 1. The van der Waals surface area contributed by atoms with Crippen LogP contribution in [0.1, 0.15) is 38.5 Å². The van der Waals surface area contributed by atoms with Gasteiger partial charge in [0.15, 0.2) is 9.84 Å². The van der Waals surface area contributed by atoms with Crippen LogP contribution in [0.3, 0.4) is 0 Å². The molecule has 2 N–H and O–H groups in total. The summed E-state index contributed by atoms with van der Waals surface area (Å²) < 4.78 is 24.0. The molecule has 1 saturated carbocycles. The molecule has 2 aliphatic rings. The number of amides is 1. The lowest BCUT2D eigenvalue weighted by Gasteiger charge is -2.41. The maximum absolute atomic E-state index is 13.1. The van der Waals surface area contributed by atoms with E-state index in [4.69, 9.17) is 5.73 Å². The number of sulfone groups is 1. The Labute approximate surface area is 131 Å². The highest BCUT2D eigenvalue weighted by atomic mass is 32.2. The summed E-state index contributed by atoms with van der Waals surface area (Å²) in [5.41, 5.74) is 5.43. The third-order valence-electron chi connectivity index (χ3n) is 4.74. The van der Waals surface area contributed by atoms with Crippen molar-refractivity contribution in [1.82, 2.24) is 4.90 Å². The predicted molar refractivity (Wildman–Crippen MR) is 86.9 cm³/mol. The zero-order chi connectivity index (χ0) is 15.5. The molecular formula is C14H26N2O3S2. The number of rotatable bonds is 3. The van der Waals surface area contributed by atoms with Gasteiger partial charge in [0.05, 0.1) is 5.41 Å². The molecule has 1 unspecified atom stereocenters. The van der Waals surface area contributed by atoms with E-state index in [0.29, 0.717) is 18.8 Å². The van der Waals surface area contributed by atoms with Gasteiger partial charge in [-0.05, 0) is 12.8 Å². The van der Waals surface area contributed by atoms with Crippen LogP contribution in [0, 0.1) is 5.41 Å². The maximum Gasteiger partial charge on any atom is 0.231 e. The number of hydrogen-bond acceptors (Lipinski definition) is 5. The largest absolute Gasteiger partial charge is 0.329 e. The van der Waals surface area contributed by atoms with Gasteiger partial charge in [-0.2, -0.15) is 11.8 Å². The SMILES string of the molecule is CS(=O)(=O)C1CSCCN1C(=O)C1(CN)CCCCCC1. The average molecular weight is 335 g/mol. The topological polar surface area (TPSA) is 80.5 Å². The van der Waals surface area contributed by atoms with Gasteiger partial charge in [0.25, 0.3) is 0 Å². The summed E-state index contributed by atoms with van der Waals surface area (Å²) in [5.74, 6) is 1.26. The normalized spacial score (nSPS) is 27.1. The average Bonchev–Trinajstić information content (AvgIpc) is 2.72. The predicted octanol–water partition coefficient (Wildman–Crippen LogP) is 1.23. The molecule has 2 rings (SSSR count). The fraction of sp³-hybridized carbons (Fsp3) is 0.929. The molecule has 0 bridgehead atoms. The van der Waals surface area contributed by atoms with Crippen molar-refractivity contribution >= 4 is 27.5 Å². The minimum absolute atomic E-state index is 0.0253. The fourth-order valence-corrected chi connectivity index (χ4v) is 6.20. The van der Waals surface area contributed by atoms with Gasteiger partial charge in [0.2, 0.25) is 5.91 Å². The summed E-state index contributed by atoms with van der Waals surface area (Å²) in [5, 5.41) is -0.685. The molecule has 1 saturated heterocycles. The van der Waals surface area contributed by atoms with Gasteiger partial charge in [0, 0.05) is 30.9 Å². The van der Waals surface area contributed by atoms with Gasteiger partial charge in [-0.1, -0.05) is 25.7 Å². The second-order valence-electron chi connectivity index (χ2n) is 6.26. The van der Waals surface area contributed by atoms with E-state index < -0.39 is 20.6 Å². The second-order valence-corrected chi connectivity index (χ2v) is 9.61. The third kappa shape index (κ3) is 3.74. The number of thioether (sulfide) groups is 1. The Kier molecular flexibility index (Phi) is 5.59. The third-order valence-corrected chi connectivity index (χ3v) is 7.39. The Morgan fingerprint density at radius 3 is 2.43 bits per heavy atom. The van der Waals surface area contributed by atoms with Crippen molar-refractivity contribution in [2.24, 2.45) is 11.1 Å². The summed E-state index contributed by atoms with van der Waals surface area (Å²) in [4.78, 5) is 14.7. The molecule has 0 aromatic carbocycles. The highest BCUT2D eigenvalue weighted by Gasteiger charge is 2.44. The van der Waals surface area contributed by atoms with E-state index in [9.17, 15) is 13.2 Å². The van der Waals surface area contributed by atoms with Crippen LogP contribution in [0.25, 0.3) is 0 Å². The Morgan fingerprint density at radius 2 is 1.90 bits per heavy atom. The molecular weight excluding hydrogens is 308 g/mol. The van der Waals surface area contributed by atoms with Crippen molar-refractivity contribution in [1.29, 1.82) is 0 Å². The Hall–Kier alpha value is -0.270. The van der Waals surface area contributed by atoms with Crippen LogP contribution in [-0.2, 0) is 14.6 Å². The van der Waals surface area contributed by atoms with Crippen LogP contribution in [0.2, 0.25) is 0 Å². The van der Waals surface area contributed by atoms with Crippen LogP contribution in [-0.4, -0.2) is 55.4 Å². The molecule has 7 heteroatoms. The summed E-state index contributed by atoms with van der Waals surface area (Å²) in [7, 11) is -3.26. The van der Waals surface area contributed by atoms with Crippen molar-refractivity contribution in [3.8, 4) is 0 Å². The van der Waals surface area contributed by atoms with E-state index in [1.165, 1.54) is 6.26 Å². The van der Waals surface area contributed by atoms with Crippen LogP contribution >= 0.6 is 11.8 Å². The molecule has 1 heterocycles. The molecule has 0 aromatic heterocycles. The van der Waals surface area contributed by atoms with Gasteiger partial charge in [-0.25, -0.2) is 8.42 Å². The number of carbonyl (C=O) groups excluding carboxylic acids is 1. The minimum Gasteiger partial charge on any atom is -0.329 e. The van der Waals surface area contributed by atoms with Crippen molar-refractivity contribution in [3.05, 3.63) is 0 Å². The lowest BCUT2D eigenvalue weighted by atomic mass is 9.79. The smallest absolute Gasteiger partial charge is 0.231 e. The van der Waals surface area contributed by atoms with Crippen LogP contribution in [0.5, 0.6) is 0 Å². The number of hydrogen-bond donors (Lipinski definition) is 1. The first-order valence-corrected chi connectivity index (χ1v) is 10.8. The van der Waals surface area contributed by atoms with Crippen molar-refractivity contribution in [2.75, 3.05) is 30.9 Å². The van der Waals surface area contributed by atoms with Gasteiger partial charge >= 0.3 is 0 Å². The van der Waals surface area contributed by atoms with Crippen molar-refractivity contribution < 1.29 is 13.2 Å². The van der Waals surface area contributed by atoms with Gasteiger partial charge in [-0.3, -0.25) is 4.79 Å². The molecule has 1 amide bonds. The lowest BCUT2D eigenvalue weighted by Crippen LogP contribution is -2.56. The molecule has 1 aliphatic carbocycles. The van der Waals surface area contributed by atoms with E-state index in [1.807, 2.05) is 0 Å². The zero-order valence-corrected chi connectivity index (χ0v) is 14.3. The number of nitrogens with zero attached hydrogens (tertiary/aromatic N) is 1. The molecule has 21 heavy (non-hydrogen) atoms. The Morgan fingerprint density at radius 1 is 1.29 bits per heavy atom. The number of nitrogens with two attached hydrogens (primary N) is 1. The fourth-order valence-electron chi connectivity index (χ4n) is 3.38. The summed E-state index contributed by atoms with van der Waals surface area (Å²) >= 11 is 1.60. The summed E-state index contributed by atoms with van der Waals surface area (Å²) in [6.07, 6.45) is 7.11. The van der Waals surface area contributed by atoms with Crippen LogP contribution in [0.4, 0.5) is 0 Å². The minimum atomic E-state index is -3.26. The van der Waals surface area contributed by atoms with E-state index in [1.54, 1.807) is 16.7 Å². The first-order valence-electron chi connectivity index (χ1n) is 7.68. The molecule has 0 radical (unpaired) electrons. The Balaban J connectivity index is 2.26. The molecule has 2 fully saturated rings. The van der Waals surface area contributed by atoms with Crippen LogP contribution < -0.4 is 5.73 Å². The van der Waals surface area contributed by atoms with Gasteiger partial charge in [0.1, 0.15) is 5.37 Å². The van der Waals surface area contributed by atoms with E-state index >= 15 is 0 Å². The lowest BCUT2D eigenvalue weighted by molar-refractivity contribution is -0.143. The zero-order valence-electron chi connectivity index (χ0n) is 12.7. The molecule has 0 spiro atoms. The maximum atomic E-state index is 13.1. The van der Waals surface area contributed by atoms with Gasteiger partial charge < -0.3 is 10.6 Å². The van der Waals surface area contributed by atoms with Gasteiger partial charge in [-0.15, -0.1) is 0 Å². The molecule has 0 aromatic rings. The second kappa shape index (κ2) is 6.87. The molecule has 1 atom stereocenters. The Bertz CT molecular complexity index is 471. The molecule has 122 valence electrons. The summed E-state index contributed by atoms with van der Waals surface area (Å²) in [6, 6.07) is 0. The monoisotopic (exact) mass is 334 g/mol. The van der Waals surface area contributed by atoms with E-state index in [-0.39, 0.29) is 5.91 Å². The quantitative estimate of drug-likeness (QED) is 0.785.